The van der Waals surface area contributed by atoms with E-state index in [0.717, 1.165) is 16.7 Å². The fraction of sp³-hybridized carbons (Fsp3) is 0.148. The largest absolute Gasteiger partial charge is 0.466 e. The fourth-order valence-corrected chi connectivity index (χ4v) is 3.00. The number of benzene rings is 3. The van der Waals surface area contributed by atoms with E-state index in [0.29, 0.717) is 16.9 Å². The number of allylic oxidation sites excluding steroid dienone is 1. The Hall–Kier alpha value is -3.81. The number of carbonyl (C=O) groups excluding carboxylic acids is 1. The van der Waals surface area contributed by atoms with Crippen molar-refractivity contribution >= 4 is 12.0 Å². The number of hydrogen-bond donors (Lipinski definition) is 0. The van der Waals surface area contributed by atoms with Gasteiger partial charge in [0, 0.05) is 7.11 Å². The lowest BCUT2D eigenvalue weighted by Crippen LogP contribution is -2.05. The quantitative estimate of drug-likeness (QED) is 0.305. The van der Waals surface area contributed by atoms with Gasteiger partial charge in [0.1, 0.15) is 5.75 Å². The normalized spacial score (nSPS) is 10.4. The number of methoxy groups -OCH3 is 2. The Balaban J connectivity index is 1.85. The zero-order chi connectivity index (χ0) is 22.1. The summed E-state index contributed by atoms with van der Waals surface area (Å²) in [6, 6.07) is 21.6. The summed E-state index contributed by atoms with van der Waals surface area (Å²) in [6.45, 7) is 2.13. The van der Waals surface area contributed by atoms with Crippen LogP contribution in [0.2, 0.25) is 0 Å². The highest BCUT2D eigenvalue weighted by Gasteiger charge is 2.10. The summed E-state index contributed by atoms with van der Waals surface area (Å²) in [5, 5.41) is 0. The minimum Gasteiger partial charge on any atom is -0.466 e. The van der Waals surface area contributed by atoms with Crippen LogP contribution >= 0.6 is 0 Å². The molecule has 0 N–H and O–H groups in total. The smallest absolute Gasteiger partial charge is 0.337 e. The summed E-state index contributed by atoms with van der Waals surface area (Å²) in [7, 11) is 2.87. The zero-order valence-corrected chi connectivity index (χ0v) is 17.8. The lowest BCUT2D eigenvalue weighted by molar-refractivity contribution is 0.0502. The molecule has 31 heavy (non-hydrogen) atoms. The molecule has 3 aromatic carbocycles. The maximum Gasteiger partial charge on any atom is 0.337 e. The molecule has 0 heterocycles. The predicted octanol–water partition coefficient (Wildman–Crippen LogP) is 5.50. The molecule has 0 bridgehead atoms. The molecule has 0 saturated heterocycles. The van der Waals surface area contributed by atoms with Gasteiger partial charge in [0.15, 0.2) is 6.79 Å². The lowest BCUT2D eigenvalue weighted by atomic mass is 9.98. The predicted molar refractivity (Wildman–Crippen MR) is 123 cm³/mol. The van der Waals surface area contributed by atoms with Gasteiger partial charge in [-0.25, -0.2) is 4.79 Å². The molecule has 4 heteroatoms. The molecule has 3 aromatic rings. The third kappa shape index (κ3) is 5.85. The summed E-state index contributed by atoms with van der Waals surface area (Å²) in [4.78, 5) is 11.8. The number of esters is 1. The SMILES string of the molecule is COCOc1cc(C(=O)OC)ccc1C#C/C=C/c1ccccc1-c1ccc(C)cc1. The number of aryl methyl sites for hydroxylation is 1. The molecule has 0 saturated carbocycles. The summed E-state index contributed by atoms with van der Waals surface area (Å²) in [5.41, 5.74) is 5.66. The van der Waals surface area contributed by atoms with Crippen molar-refractivity contribution in [1.82, 2.24) is 0 Å². The van der Waals surface area contributed by atoms with Crippen molar-refractivity contribution in [3.63, 3.8) is 0 Å². The average molecular weight is 412 g/mol. The van der Waals surface area contributed by atoms with Crippen LogP contribution in [0.15, 0.2) is 72.8 Å². The second-order valence-electron chi connectivity index (χ2n) is 6.81. The van der Waals surface area contributed by atoms with Crippen LogP contribution in [-0.2, 0) is 9.47 Å². The highest BCUT2D eigenvalue weighted by Crippen LogP contribution is 2.25. The van der Waals surface area contributed by atoms with Crippen molar-refractivity contribution in [2.75, 3.05) is 21.0 Å². The first-order valence-electron chi connectivity index (χ1n) is 9.80. The van der Waals surface area contributed by atoms with Crippen LogP contribution in [-0.4, -0.2) is 27.0 Å². The molecule has 0 amide bonds. The van der Waals surface area contributed by atoms with Crippen LogP contribution in [0.5, 0.6) is 5.75 Å². The molecule has 0 radical (unpaired) electrons. The van der Waals surface area contributed by atoms with E-state index in [-0.39, 0.29) is 6.79 Å². The zero-order valence-electron chi connectivity index (χ0n) is 17.8. The Labute approximate surface area is 183 Å². The van der Waals surface area contributed by atoms with Crippen molar-refractivity contribution in [3.8, 4) is 28.7 Å². The van der Waals surface area contributed by atoms with Crippen LogP contribution in [0, 0.1) is 18.8 Å². The molecule has 0 fully saturated rings. The van der Waals surface area contributed by atoms with Crippen molar-refractivity contribution in [2.45, 2.75) is 6.92 Å². The first-order valence-corrected chi connectivity index (χ1v) is 9.80. The molecule has 0 spiro atoms. The topological polar surface area (TPSA) is 44.8 Å². The maximum absolute atomic E-state index is 11.8. The monoisotopic (exact) mass is 412 g/mol. The van der Waals surface area contributed by atoms with E-state index < -0.39 is 5.97 Å². The molecular weight excluding hydrogens is 388 g/mol. The van der Waals surface area contributed by atoms with E-state index in [1.165, 1.54) is 19.8 Å². The van der Waals surface area contributed by atoms with Gasteiger partial charge in [-0.3, -0.25) is 0 Å². The third-order valence-corrected chi connectivity index (χ3v) is 4.61. The molecule has 0 aliphatic carbocycles. The first kappa shape index (κ1) is 21.9. The van der Waals surface area contributed by atoms with Gasteiger partial charge in [0.2, 0.25) is 0 Å². The number of carbonyl (C=O) groups is 1. The molecule has 3 rings (SSSR count). The summed E-state index contributed by atoms with van der Waals surface area (Å²) in [6.07, 6.45) is 3.79. The Kier molecular flexibility index (Phi) is 7.64. The molecule has 4 nitrogen and oxygen atoms in total. The van der Waals surface area contributed by atoms with E-state index in [1.54, 1.807) is 24.3 Å². The Bertz CT molecular complexity index is 1130. The lowest BCUT2D eigenvalue weighted by Gasteiger charge is -2.08. The van der Waals surface area contributed by atoms with Gasteiger partial charge in [0.05, 0.1) is 18.2 Å². The number of hydrogen-bond acceptors (Lipinski definition) is 4. The third-order valence-electron chi connectivity index (χ3n) is 4.61. The molecule has 0 aromatic heterocycles. The summed E-state index contributed by atoms with van der Waals surface area (Å²) >= 11 is 0. The molecule has 0 atom stereocenters. The number of ether oxygens (including phenoxy) is 3. The van der Waals surface area contributed by atoms with Gasteiger partial charge < -0.3 is 14.2 Å². The Morgan fingerprint density at radius 3 is 2.52 bits per heavy atom. The van der Waals surface area contributed by atoms with Crippen LogP contribution < -0.4 is 4.74 Å². The van der Waals surface area contributed by atoms with Crippen molar-refractivity contribution < 1.29 is 19.0 Å². The summed E-state index contributed by atoms with van der Waals surface area (Å²) < 4.78 is 15.3. The van der Waals surface area contributed by atoms with Gasteiger partial charge in [-0.1, -0.05) is 65.9 Å². The van der Waals surface area contributed by atoms with Gasteiger partial charge in [0.25, 0.3) is 0 Å². The van der Waals surface area contributed by atoms with Crippen LogP contribution in [0.1, 0.15) is 27.0 Å². The molecule has 156 valence electrons. The highest BCUT2D eigenvalue weighted by molar-refractivity contribution is 5.90. The van der Waals surface area contributed by atoms with Gasteiger partial charge >= 0.3 is 5.97 Å². The molecular formula is C27H24O4. The van der Waals surface area contributed by atoms with Crippen LogP contribution in [0.25, 0.3) is 17.2 Å². The highest BCUT2D eigenvalue weighted by atomic mass is 16.7. The van der Waals surface area contributed by atoms with E-state index >= 15 is 0 Å². The van der Waals surface area contributed by atoms with Gasteiger partial charge in [-0.2, -0.15) is 0 Å². The van der Waals surface area contributed by atoms with Gasteiger partial charge in [-0.15, -0.1) is 0 Å². The van der Waals surface area contributed by atoms with E-state index in [1.807, 2.05) is 18.2 Å². The second-order valence-corrected chi connectivity index (χ2v) is 6.81. The Morgan fingerprint density at radius 2 is 1.77 bits per heavy atom. The standard InChI is InChI=1S/C27H24O4/c1-20-12-14-22(15-13-20)25-11-7-6-9-21(25)8-4-5-10-23-16-17-24(27(28)30-3)18-26(23)31-19-29-2/h4,6-9,11-18H,19H2,1-3H3/b8-4+. The first-order chi connectivity index (χ1) is 15.1. The van der Waals surface area contributed by atoms with E-state index in [9.17, 15) is 4.79 Å². The number of rotatable bonds is 6. The minimum atomic E-state index is -0.436. The molecule has 0 aliphatic rings. The van der Waals surface area contributed by atoms with Crippen molar-refractivity contribution in [2.24, 2.45) is 0 Å². The van der Waals surface area contributed by atoms with E-state index in [2.05, 4.69) is 55.2 Å². The molecule has 0 aliphatic heterocycles. The van der Waals surface area contributed by atoms with E-state index in [4.69, 9.17) is 14.2 Å². The maximum atomic E-state index is 11.8. The van der Waals surface area contributed by atoms with Crippen LogP contribution in [0.4, 0.5) is 0 Å². The molecule has 0 unspecified atom stereocenters. The fourth-order valence-electron chi connectivity index (χ4n) is 3.00. The Morgan fingerprint density at radius 1 is 1.00 bits per heavy atom. The average Bonchev–Trinajstić information content (AvgIpc) is 2.81. The van der Waals surface area contributed by atoms with Crippen molar-refractivity contribution in [3.05, 3.63) is 95.1 Å². The minimum absolute atomic E-state index is 0.0546. The second kappa shape index (κ2) is 10.8. The summed E-state index contributed by atoms with van der Waals surface area (Å²) in [5.74, 6) is 6.15. The van der Waals surface area contributed by atoms with Gasteiger partial charge in [-0.05, 0) is 54.0 Å². The van der Waals surface area contributed by atoms with Crippen molar-refractivity contribution in [1.29, 1.82) is 0 Å². The van der Waals surface area contributed by atoms with Crippen LogP contribution in [0.3, 0.4) is 0 Å².